The third kappa shape index (κ3) is 2.31. The molecule has 17 heavy (non-hydrogen) atoms. The summed E-state index contributed by atoms with van der Waals surface area (Å²) in [4.78, 5) is 15.3. The summed E-state index contributed by atoms with van der Waals surface area (Å²) in [5.74, 6) is -0.756. The van der Waals surface area contributed by atoms with Crippen LogP contribution in [0, 0.1) is 0 Å². The molecule has 0 aliphatic heterocycles. The van der Waals surface area contributed by atoms with Crippen molar-refractivity contribution in [2.75, 3.05) is 6.54 Å². The lowest BCUT2D eigenvalue weighted by Gasteiger charge is -2.25. The van der Waals surface area contributed by atoms with Gasteiger partial charge in [-0.3, -0.25) is 4.79 Å². The van der Waals surface area contributed by atoms with E-state index in [1.807, 2.05) is 6.92 Å². The van der Waals surface area contributed by atoms with E-state index >= 15 is 0 Å². The van der Waals surface area contributed by atoms with E-state index in [0.29, 0.717) is 12.8 Å². The molecule has 0 saturated heterocycles. The van der Waals surface area contributed by atoms with Gasteiger partial charge in [0.25, 0.3) is 0 Å². The number of carboxylic acid groups (broad SMARTS) is 1. The van der Waals surface area contributed by atoms with Crippen molar-refractivity contribution < 1.29 is 9.90 Å². The second kappa shape index (κ2) is 4.83. The summed E-state index contributed by atoms with van der Waals surface area (Å²) >= 11 is 0. The molecule has 2 atom stereocenters. The summed E-state index contributed by atoms with van der Waals surface area (Å²) in [5.41, 5.74) is -0.785. The average Bonchev–Trinajstić information content (AvgIpc) is 2.96. The number of hydrogen-bond donors (Lipinski definition) is 2. The van der Waals surface area contributed by atoms with E-state index in [-0.39, 0.29) is 6.04 Å². The Morgan fingerprint density at radius 2 is 2.53 bits per heavy atom. The molecule has 1 heterocycles. The van der Waals surface area contributed by atoms with Gasteiger partial charge in [-0.05, 0) is 32.2 Å². The van der Waals surface area contributed by atoms with Crippen LogP contribution in [-0.2, 0) is 4.79 Å². The van der Waals surface area contributed by atoms with Crippen LogP contribution < -0.4 is 5.32 Å². The van der Waals surface area contributed by atoms with Crippen molar-refractivity contribution in [1.82, 2.24) is 20.1 Å². The average molecular weight is 238 g/mol. The lowest BCUT2D eigenvalue weighted by atomic mass is 9.97. The molecule has 2 unspecified atom stereocenters. The molecule has 0 amide bonds. The Hall–Kier alpha value is -1.43. The van der Waals surface area contributed by atoms with Crippen molar-refractivity contribution in [2.45, 2.75) is 44.2 Å². The fourth-order valence-electron chi connectivity index (χ4n) is 2.45. The van der Waals surface area contributed by atoms with Crippen LogP contribution in [0.15, 0.2) is 12.7 Å². The number of carbonyl (C=O) groups is 1. The smallest absolute Gasteiger partial charge is 0.323 e. The first-order chi connectivity index (χ1) is 8.18. The van der Waals surface area contributed by atoms with Crippen LogP contribution in [0.1, 0.15) is 38.6 Å². The predicted octanol–water partition coefficient (Wildman–Crippen LogP) is 0.826. The van der Waals surface area contributed by atoms with Gasteiger partial charge < -0.3 is 10.4 Å². The van der Waals surface area contributed by atoms with E-state index in [9.17, 15) is 9.90 Å². The van der Waals surface area contributed by atoms with Crippen molar-refractivity contribution in [3.05, 3.63) is 12.7 Å². The summed E-state index contributed by atoms with van der Waals surface area (Å²) in [5, 5.41) is 16.7. The van der Waals surface area contributed by atoms with Crippen molar-refractivity contribution >= 4 is 5.97 Å². The van der Waals surface area contributed by atoms with Crippen molar-refractivity contribution in [2.24, 2.45) is 0 Å². The molecule has 2 N–H and O–H groups in total. The van der Waals surface area contributed by atoms with Gasteiger partial charge >= 0.3 is 5.97 Å². The number of hydrogen-bond acceptors (Lipinski definition) is 4. The topological polar surface area (TPSA) is 80.0 Å². The van der Waals surface area contributed by atoms with Crippen molar-refractivity contribution in [3.63, 3.8) is 0 Å². The molecule has 2 rings (SSSR count). The van der Waals surface area contributed by atoms with Crippen LogP contribution in [0.2, 0.25) is 0 Å². The molecule has 1 fully saturated rings. The Kier molecular flexibility index (Phi) is 3.42. The van der Waals surface area contributed by atoms with Crippen LogP contribution >= 0.6 is 0 Å². The Bertz CT molecular complexity index is 379. The highest BCUT2D eigenvalue weighted by atomic mass is 16.4. The molecule has 1 aliphatic carbocycles. The number of rotatable bonds is 5. The summed E-state index contributed by atoms with van der Waals surface area (Å²) in [6.45, 7) is 2.77. The van der Waals surface area contributed by atoms with Gasteiger partial charge in [0.15, 0.2) is 0 Å². The monoisotopic (exact) mass is 238 g/mol. The predicted molar refractivity (Wildman–Crippen MR) is 61.6 cm³/mol. The van der Waals surface area contributed by atoms with Gasteiger partial charge in [-0.2, -0.15) is 5.10 Å². The first-order valence-electron chi connectivity index (χ1n) is 6.00. The van der Waals surface area contributed by atoms with E-state index in [2.05, 4.69) is 15.4 Å². The summed E-state index contributed by atoms with van der Waals surface area (Å²) in [6.07, 6.45) is 6.12. The van der Waals surface area contributed by atoms with E-state index in [4.69, 9.17) is 0 Å². The minimum Gasteiger partial charge on any atom is -0.480 e. The molecular weight excluding hydrogens is 220 g/mol. The van der Waals surface area contributed by atoms with E-state index in [0.717, 1.165) is 19.4 Å². The van der Waals surface area contributed by atoms with Gasteiger partial charge in [0.1, 0.15) is 18.2 Å². The number of nitrogens with one attached hydrogen (secondary N) is 1. The first kappa shape index (κ1) is 12.0. The number of carboxylic acids is 1. The zero-order valence-electron chi connectivity index (χ0n) is 9.96. The van der Waals surface area contributed by atoms with Crippen LogP contribution in [0.4, 0.5) is 0 Å². The molecule has 0 bridgehead atoms. The van der Waals surface area contributed by atoms with E-state index in [1.54, 1.807) is 11.0 Å². The largest absolute Gasteiger partial charge is 0.480 e. The number of nitrogens with zero attached hydrogens (tertiary/aromatic N) is 3. The second-order valence-electron chi connectivity index (χ2n) is 4.59. The van der Waals surface area contributed by atoms with Crippen molar-refractivity contribution in [3.8, 4) is 0 Å². The fourth-order valence-corrected chi connectivity index (χ4v) is 2.45. The lowest BCUT2D eigenvalue weighted by molar-refractivity contribution is -0.144. The van der Waals surface area contributed by atoms with Gasteiger partial charge in [0.2, 0.25) is 0 Å². The standard InChI is InChI=1S/C11H18N4O2/c1-2-5-13-11(10(16)17)4-3-9(6-11)15-8-12-7-14-15/h7-9,13H,2-6H2,1H3,(H,16,17). The Morgan fingerprint density at radius 3 is 3.12 bits per heavy atom. The van der Waals surface area contributed by atoms with Crippen LogP contribution in [-0.4, -0.2) is 37.9 Å². The van der Waals surface area contributed by atoms with Gasteiger partial charge in [0, 0.05) is 0 Å². The second-order valence-corrected chi connectivity index (χ2v) is 4.59. The molecule has 1 aromatic heterocycles. The summed E-state index contributed by atoms with van der Waals surface area (Å²) < 4.78 is 1.76. The Labute approximate surface area is 100 Å². The highest BCUT2D eigenvalue weighted by Crippen LogP contribution is 2.37. The zero-order chi connectivity index (χ0) is 12.3. The minimum absolute atomic E-state index is 0.137. The summed E-state index contributed by atoms with van der Waals surface area (Å²) in [6, 6.07) is 0.137. The maximum absolute atomic E-state index is 11.4. The third-order valence-electron chi connectivity index (χ3n) is 3.42. The van der Waals surface area contributed by atoms with Gasteiger partial charge in [-0.15, -0.1) is 0 Å². The molecule has 1 saturated carbocycles. The maximum Gasteiger partial charge on any atom is 0.323 e. The van der Waals surface area contributed by atoms with Crippen LogP contribution in [0.5, 0.6) is 0 Å². The molecule has 1 aliphatic rings. The minimum atomic E-state index is -0.785. The van der Waals surface area contributed by atoms with Gasteiger partial charge in [0.05, 0.1) is 6.04 Å². The SMILES string of the molecule is CCCNC1(C(=O)O)CCC(n2cncn2)C1. The first-order valence-corrected chi connectivity index (χ1v) is 6.00. The van der Waals surface area contributed by atoms with Crippen LogP contribution in [0.25, 0.3) is 0 Å². The maximum atomic E-state index is 11.4. The lowest BCUT2D eigenvalue weighted by Crippen LogP contribution is -2.50. The Morgan fingerprint density at radius 1 is 1.71 bits per heavy atom. The van der Waals surface area contributed by atoms with Gasteiger partial charge in [-0.25, -0.2) is 9.67 Å². The molecule has 1 aromatic rings. The zero-order valence-corrected chi connectivity index (χ0v) is 9.96. The van der Waals surface area contributed by atoms with E-state index < -0.39 is 11.5 Å². The number of aromatic nitrogens is 3. The highest BCUT2D eigenvalue weighted by Gasteiger charge is 2.45. The molecule has 6 nitrogen and oxygen atoms in total. The molecule has 6 heteroatoms. The summed E-state index contributed by atoms with van der Waals surface area (Å²) in [7, 11) is 0. The molecule has 0 spiro atoms. The quantitative estimate of drug-likeness (QED) is 0.794. The fraction of sp³-hybridized carbons (Fsp3) is 0.727. The molecule has 0 radical (unpaired) electrons. The highest BCUT2D eigenvalue weighted by molar-refractivity contribution is 5.79. The third-order valence-corrected chi connectivity index (χ3v) is 3.42. The normalized spacial score (nSPS) is 28.4. The van der Waals surface area contributed by atoms with E-state index in [1.165, 1.54) is 6.33 Å². The Balaban J connectivity index is 2.08. The van der Waals surface area contributed by atoms with Crippen LogP contribution in [0.3, 0.4) is 0 Å². The van der Waals surface area contributed by atoms with Crippen molar-refractivity contribution in [1.29, 1.82) is 0 Å². The number of aliphatic carboxylic acids is 1. The van der Waals surface area contributed by atoms with Gasteiger partial charge in [-0.1, -0.05) is 6.92 Å². The molecule has 94 valence electrons. The molecule has 0 aromatic carbocycles. The molecular formula is C11H18N4O2.